The third-order valence-electron chi connectivity index (χ3n) is 4.45. The van der Waals surface area contributed by atoms with Crippen LogP contribution in [0.4, 0.5) is 10.2 Å². The van der Waals surface area contributed by atoms with Crippen LogP contribution in [0.1, 0.15) is 6.42 Å². The Bertz CT molecular complexity index is 1070. The standard InChI is InChI=1S/C20H18FN5O2/c1-28-16-9-13(12-2-4-14(21)5-3-12)8-15-19(16)24-11-25-20(15)23-10-17-22-7-6-18(27)26-17/h2-5,8-9,11H,6-7,10H2,1H3,(H,22,26,27)(H,23,24,25). The van der Waals surface area contributed by atoms with Crippen LogP contribution in [0.2, 0.25) is 0 Å². The summed E-state index contributed by atoms with van der Waals surface area (Å²) in [4.78, 5) is 24.5. The predicted molar refractivity (Wildman–Crippen MR) is 105 cm³/mol. The largest absolute Gasteiger partial charge is 0.494 e. The number of hydrogen-bond donors (Lipinski definition) is 2. The van der Waals surface area contributed by atoms with Gasteiger partial charge in [0.25, 0.3) is 0 Å². The molecule has 0 aliphatic carbocycles. The van der Waals surface area contributed by atoms with Gasteiger partial charge in [-0.25, -0.2) is 14.4 Å². The Kier molecular flexibility index (Phi) is 4.84. The molecule has 0 saturated heterocycles. The molecule has 2 aromatic carbocycles. The zero-order valence-electron chi connectivity index (χ0n) is 15.2. The zero-order chi connectivity index (χ0) is 19.5. The summed E-state index contributed by atoms with van der Waals surface area (Å²) >= 11 is 0. The molecule has 4 rings (SSSR count). The highest BCUT2D eigenvalue weighted by Crippen LogP contribution is 2.34. The van der Waals surface area contributed by atoms with Gasteiger partial charge in [0, 0.05) is 18.4 Å². The zero-order valence-corrected chi connectivity index (χ0v) is 15.2. The van der Waals surface area contributed by atoms with Gasteiger partial charge >= 0.3 is 0 Å². The highest BCUT2D eigenvalue weighted by atomic mass is 19.1. The third kappa shape index (κ3) is 3.62. The number of nitrogens with one attached hydrogen (secondary N) is 2. The highest BCUT2D eigenvalue weighted by molar-refractivity contribution is 6.03. The number of carbonyl (C=O) groups is 1. The van der Waals surface area contributed by atoms with Crippen LogP contribution in [0, 0.1) is 5.82 Å². The lowest BCUT2D eigenvalue weighted by molar-refractivity contribution is -0.119. The van der Waals surface area contributed by atoms with Crippen molar-refractivity contribution in [3.05, 3.63) is 48.5 Å². The van der Waals surface area contributed by atoms with Gasteiger partial charge in [-0.3, -0.25) is 9.79 Å². The van der Waals surface area contributed by atoms with Crippen LogP contribution in [0.5, 0.6) is 5.75 Å². The molecule has 0 spiro atoms. The van der Waals surface area contributed by atoms with Crippen molar-refractivity contribution in [2.75, 3.05) is 25.5 Å². The number of methoxy groups -OCH3 is 1. The molecule has 0 radical (unpaired) electrons. The fraction of sp³-hybridized carbons (Fsp3) is 0.200. The van der Waals surface area contributed by atoms with Crippen molar-refractivity contribution < 1.29 is 13.9 Å². The van der Waals surface area contributed by atoms with Crippen LogP contribution < -0.4 is 15.4 Å². The van der Waals surface area contributed by atoms with Crippen molar-refractivity contribution in [2.45, 2.75) is 6.42 Å². The maximum absolute atomic E-state index is 13.3. The lowest BCUT2D eigenvalue weighted by Gasteiger charge is -2.16. The number of halogens is 1. The molecule has 142 valence electrons. The first-order valence-corrected chi connectivity index (χ1v) is 8.80. The third-order valence-corrected chi connectivity index (χ3v) is 4.45. The molecule has 8 heteroatoms. The molecule has 1 aliphatic rings. The smallest absolute Gasteiger partial charge is 0.227 e. The fourth-order valence-corrected chi connectivity index (χ4v) is 3.06. The number of ether oxygens (including phenoxy) is 1. The van der Waals surface area contributed by atoms with Crippen LogP contribution in [-0.4, -0.2) is 41.9 Å². The minimum Gasteiger partial charge on any atom is -0.494 e. The van der Waals surface area contributed by atoms with Gasteiger partial charge < -0.3 is 15.4 Å². The molecule has 28 heavy (non-hydrogen) atoms. The summed E-state index contributed by atoms with van der Waals surface area (Å²) in [5.41, 5.74) is 2.35. The second-order valence-electron chi connectivity index (χ2n) is 6.28. The van der Waals surface area contributed by atoms with Crippen molar-refractivity contribution >= 4 is 28.5 Å². The lowest BCUT2D eigenvalue weighted by Crippen LogP contribution is -2.39. The number of hydrogen-bond acceptors (Lipinski definition) is 6. The molecule has 1 aromatic heterocycles. The van der Waals surface area contributed by atoms with Gasteiger partial charge in [0.1, 0.15) is 35.1 Å². The van der Waals surface area contributed by atoms with E-state index in [1.54, 1.807) is 19.2 Å². The van der Waals surface area contributed by atoms with E-state index < -0.39 is 0 Å². The van der Waals surface area contributed by atoms with Gasteiger partial charge in [-0.1, -0.05) is 12.1 Å². The lowest BCUT2D eigenvalue weighted by atomic mass is 10.0. The van der Waals surface area contributed by atoms with Gasteiger partial charge in [-0.05, 0) is 35.4 Å². The first-order valence-electron chi connectivity index (χ1n) is 8.80. The van der Waals surface area contributed by atoms with Crippen molar-refractivity contribution in [1.29, 1.82) is 0 Å². The Balaban J connectivity index is 1.72. The van der Waals surface area contributed by atoms with Crippen molar-refractivity contribution in [3.8, 4) is 16.9 Å². The van der Waals surface area contributed by atoms with E-state index in [9.17, 15) is 9.18 Å². The number of anilines is 1. The Labute approximate surface area is 160 Å². The van der Waals surface area contributed by atoms with E-state index in [1.807, 2.05) is 12.1 Å². The number of aromatic nitrogens is 2. The maximum Gasteiger partial charge on any atom is 0.227 e. The molecule has 2 N–H and O–H groups in total. The predicted octanol–water partition coefficient (Wildman–Crippen LogP) is 2.77. The van der Waals surface area contributed by atoms with Gasteiger partial charge in [0.2, 0.25) is 5.91 Å². The van der Waals surface area contributed by atoms with Crippen molar-refractivity contribution in [2.24, 2.45) is 4.99 Å². The Hall–Kier alpha value is -3.55. The van der Waals surface area contributed by atoms with Crippen LogP contribution in [0.25, 0.3) is 22.0 Å². The van der Waals surface area contributed by atoms with Crippen molar-refractivity contribution in [1.82, 2.24) is 15.3 Å². The first-order chi connectivity index (χ1) is 13.6. The highest BCUT2D eigenvalue weighted by Gasteiger charge is 2.14. The summed E-state index contributed by atoms with van der Waals surface area (Å²) in [5.74, 6) is 1.42. The number of amidine groups is 1. The molecular formula is C20H18FN5O2. The Morgan fingerprint density at radius 2 is 2.00 bits per heavy atom. The van der Waals surface area contributed by atoms with Crippen LogP contribution >= 0.6 is 0 Å². The van der Waals surface area contributed by atoms with E-state index in [4.69, 9.17) is 4.74 Å². The molecule has 0 bridgehead atoms. The summed E-state index contributed by atoms with van der Waals surface area (Å²) in [6.45, 7) is 0.816. The summed E-state index contributed by atoms with van der Waals surface area (Å²) in [7, 11) is 1.57. The number of benzene rings is 2. The van der Waals surface area contributed by atoms with Gasteiger partial charge in [-0.15, -0.1) is 0 Å². The summed E-state index contributed by atoms with van der Waals surface area (Å²) in [6, 6.07) is 10.0. The molecule has 0 saturated carbocycles. The number of amides is 1. The average Bonchev–Trinajstić information content (AvgIpc) is 2.72. The normalized spacial score (nSPS) is 13.8. The van der Waals surface area contributed by atoms with E-state index in [0.717, 1.165) is 16.5 Å². The number of aliphatic imine (C=N–C) groups is 1. The minimum absolute atomic E-state index is 0.0420. The topological polar surface area (TPSA) is 88.5 Å². The SMILES string of the molecule is COc1cc(-c2ccc(F)cc2)cc2c(NCC3=NCCC(=O)N3)ncnc12. The van der Waals surface area contributed by atoms with E-state index in [2.05, 4.69) is 25.6 Å². The van der Waals surface area contributed by atoms with Gasteiger partial charge in [0.05, 0.1) is 13.7 Å². The number of fused-ring (bicyclic) bond motifs is 1. The summed E-state index contributed by atoms with van der Waals surface area (Å²) in [6.07, 6.45) is 1.85. The van der Waals surface area contributed by atoms with E-state index in [0.29, 0.717) is 42.4 Å². The van der Waals surface area contributed by atoms with Crippen molar-refractivity contribution in [3.63, 3.8) is 0 Å². The van der Waals surface area contributed by atoms with E-state index in [-0.39, 0.29) is 11.7 Å². The molecule has 0 fully saturated rings. The van der Waals surface area contributed by atoms with E-state index >= 15 is 0 Å². The second kappa shape index (κ2) is 7.59. The number of nitrogens with zero attached hydrogens (tertiary/aromatic N) is 3. The van der Waals surface area contributed by atoms with Crippen LogP contribution in [0.15, 0.2) is 47.7 Å². The second-order valence-corrected chi connectivity index (χ2v) is 6.28. The fourth-order valence-electron chi connectivity index (χ4n) is 3.06. The summed E-state index contributed by atoms with van der Waals surface area (Å²) in [5, 5.41) is 6.70. The quantitative estimate of drug-likeness (QED) is 0.712. The first kappa shape index (κ1) is 17.8. The molecule has 0 atom stereocenters. The average molecular weight is 379 g/mol. The molecule has 0 unspecified atom stereocenters. The number of rotatable bonds is 5. The molecular weight excluding hydrogens is 361 g/mol. The maximum atomic E-state index is 13.3. The minimum atomic E-state index is -0.294. The molecule has 1 aliphatic heterocycles. The monoisotopic (exact) mass is 379 g/mol. The molecule has 2 heterocycles. The van der Waals surface area contributed by atoms with E-state index in [1.165, 1.54) is 18.5 Å². The Morgan fingerprint density at radius 1 is 1.18 bits per heavy atom. The van der Waals surface area contributed by atoms with Crippen LogP contribution in [0.3, 0.4) is 0 Å². The van der Waals surface area contributed by atoms with Gasteiger partial charge in [-0.2, -0.15) is 0 Å². The molecule has 1 amide bonds. The van der Waals surface area contributed by atoms with Gasteiger partial charge in [0.15, 0.2) is 0 Å². The number of carbonyl (C=O) groups excluding carboxylic acids is 1. The Morgan fingerprint density at radius 3 is 2.75 bits per heavy atom. The molecule has 7 nitrogen and oxygen atoms in total. The van der Waals surface area contributed by atoms with Crippen LogP contribution in [-0.2, 0) is 4.79 Å². The summed E-state index contributed by atoms with van der Waals surface area (Å²) < 4.78 is 18.8. The molecule has 3 aromatic rings.